The van der Waals surface area contributed by atoms with Crippen molar-refractivity contribution >= 4 is 62.0 Å². The minimum absolute atomic E-state index is 0.153. The van der Waals surface area contributed by atoms with Crippen LogP contribution in [0.3, 0.4) is 0 Å². The molecule has 1 aliphatic carbocycles. The zero-order valence-electron chi connectivity index (χ0n) is 14.4. The molecule has 1 aliphatic rings. The number of benzene rings is 1. The fourth-order valence-corrected chi connectivity index (χ4v) is 4.71. The van der Waals surface area contributed by atoms with E-state index < -0.39 is 36.7 Å². The average molecular weight is 454 g/mol. The standard InChI is InChI=1S/C16H15Cl3N2O5S/c1-8(2)11-12(17)15(22)16(3,19)14(18)13(11)20-27(25,26)10-6-4-5-9(7-10)21(23)24/h4-8,14H,1-3H3. The maximum atomic E-state index is 12.7. The summed E-state index contributed by atoms with van der Waals surface area (Å²) in [6.07, 6.45) is 0. The normalized spacial score (nSPS) is 25.4. The SMILES string of the molecule is CC(C)C1=C(Cl)C(=O)C(C)(Cl)C(Cl)C1=NS(=O)(=O)c1cccc([N+](=O)[O-])c1. The van der Waals surface area contributed by atoms with Gasteiger partial charge in [-0.2, -0.15) is 12.8 Å². The van der Waals surface area contributed by atoms with Gasteiger partial charge in [-0.3, -0.25) is 14.9 Å². The Balaban J connectivity index is 2.72. The number of carbonyl (C=O) groups is 1. The number of allylic oxidation sites excluding steroid dienone is 2. The number of halogens is 3. The van der Waals surface area contributed by atoms with Crippen LogP contribution in [0.1, 0.15) is 20.8 Å². The molecular weight excluding hydrogens is 439 g/mol. The van der Waals surface area contributed by atoms with E-state index in [1.165, 1.54) is 19.1 Å². The molecule has 7 nitrogen and oxygen atoms in total. The van der Waals surface area contributed by atoms with E-state index in [2.05, 4.69) is 4.40 Å². The Morgan fingerprint density at radius 2 is 1.93 bits per heavy atom. The molecule has 0 saturated carbocycles. The number of nitro groups is 1. The number of nitrogens with zero attached hydrogens (tertiary/aromatic N) is 2. The predicted octanol–water partition coefficient (Wildman–Crippen LogP) is 4.06. The van der Waals surface area contributed by atoms with E-state index in [9.17, 15) is 23.3 Å². The molecule has 1 aromatic carbocycles. The summed E-state index contributed by atoms with van der Waals surface area (Å²) in [5.74, 6) is -0.990. The van der Waals surface area contributed by atoms with Crippen molar-refractivity contribution < 1.29 is 18.1 Å². The second-order valence-corrected chi connectivity index (χ2v) is 9.56. The lowest BCUT2D eigenvalue weighted by Crippen LogP contribution is -2.49. The van der Waals surface area contributed by atoms with E-state index >= 15 is 0 Å². The summed E-state index contributed by atoms with van der Waals surface area (Å²) in [5.41, 5.74) is -0.383. The first kappa shape index (κ1) is 21.8. The molecule has 0 bridgehead atoms. The Hall–Kier alpha value is -1.48. The third-order valence-electron chi connectivity index (χ3n) is 3.99. The van der Waals surface area contributed by atoms with Gasteiger partial charge < -0.3 is 0 Å². The first-order valence-corrected chi connectivity index (χ1v) is 10.3. The fourth-order valence-electron chi connectivity index (χ4n) is 2.54. The molecular formula is C16H15Cl3N2O5S. The van der Waals surface area contributed by atoms with Crippen LogP contribution < -0.4 is 0 Å². The molecule has 0 amide bonds. The Labute approximate surface area is 171 Å². The molecule has 0 radical (unpaired) electrons. The van der Waals surface area contributed by atoms with Crippen LogP contribution in [0, 0.1) is 16.0 Å². The van der Waals surface area contributed by atoms with E-state index in [1.54, 1.807) is 13.8 Å². The highest BCUT2D eigenvalue weighted by atomic mass is 35.5. The van der Waals surface area contributed by atoms with Gasteiger partial charge in [-0.05, 0) is 18.9 Å². The van der Waals surface area contributed by atoms with Gasteiger partial charge in [-0.1, -0.05) is 31.5 Å². The number of rotatable bonds is 4. The largest absolute Gasteiger partial charge is 0.291 e. The predicted molar refractivity (Wildman–Crippen MR) is 104 cm³/mol. The number of ketones is 1. The first-order chi connectivity index (χ1) is 12.3. The van der Waals surface area contributed by atoms with Crippen LogP contribution in [-0.4, -0.2) is 35.1 Å². The van der Waals surface area contributed by atoms with Crippen LogP contribution in [0.5, 0.6) is 0 Å². The minimum Gasteiger partial charge on any atom is -0.291 e. The maximum absolute atomic E-state index is 12.7. The van der Waals surface area contributed by atoms with E-state index in [-0.39, 0.29) is 27.1 Å². The highest BCUT2D eigenvalue weighted by Crippen LogP contribution is 2.41. The molecule has 2 atom stereocenters. The van der Waals surface area contributed by atoms with Crippen molar-refractivity contribution in [2.75, 3.05) is 0 Å². The summed E-state index contributed by atoms with van der Waals surface area (Å²) in [6.45, 7) is 4.71. The lowest BCUT2D eigenvalue weighted by molar-refractivity contribution is -0.385. The molecule has 0 fully saturated rings. The molecule has 2 unspecified atom stereocenters. The third-order valence-corrected chi connectivity index (χ3v) is 6.80. The summed E-state index contributed by atoms with van der Waals surface area (Å²) in [7, 11) is -4.37. The van der Waals surface area contributed by atoms with Gasteiger partial charge in [0.1, 0.15) is 10.3 Å². The highest BCUT2D eigenvalue weighted by Gasteiger charge is 2.49. The number of non-ortho nitro benzene ring substituents is 1. The summed E-state index contributed by atoms with van der Waals surface area (Å²) < 4.78 is 29.2. The Morgan fingerprint density at radius 1 is 1.33 bits per heavy atom. The van der Waals surface area contributed by atoms with Crippen LogP contribution in [0.4, 0.5) is 5.69 Å². The quantitative estimate of drug-likeness (QED) is 0.388. The van der Waals surface area contributed by atoms with Gasteiger partial charge >= 0.3 is 0 Å². The number of sulfonamides is 1. The lowest BCUT2D eigenvalue weighted by atomic mass is 9.82. The molecule has 0 aromatic heterocycles. The third kappa shape index (κ3) is 4.03. The molecule has 0 saturated heterocycles. The lowest BCUT2D eigenvalue weighted by Gasteiger charge is -2.34. The molecule has 11 heteroatoms. The van der Waals surface area contributed by atoms with E-state index in [0.29, 0.717) is 0 Å². The second kappa shape index (κ2) is 7.50. The fraction of sp³-hybridized carbons (Fsp3) is 0.375. The van der Waals surface area contributed by atoms with Gasteiger partial charge in [-0.25, -0.2) is 0 Å². The van der Waals surface area contributed by atoms with Gasteiger partial charge in [0.05, 0.1) is 20.6 Å². The summed E-state index contributed by atoms with van der Waals surface area (Å²) in [6, 6.07) is 4.44. The van der Waals surface area contributed by atoms with Crippen molar-refractivity contribution in [2.24, 2.45) is 10.3 Å². The van der Waals surface area contributed by atoms with Gasteiger partial charge in [0, 0.05) is 17.7 Å². The monoisotopic (exact) mass is 452 g/mol. The molecule has 0 heterocycles. The molecule has 0 N–H and O–H groups in total. The number of Topliss-reactive ketones (excluding diaryl/α,β-unsaturated/α-hetero) is 1. The minimum atomic E-state index is -4.37. The van der Waals surface area contributed by atoms with Crippen LogP contribution in [0.2, 0.25) is 0 Å². The topological polar surface area (TPSA) is 107 Å². The van der Waals surface area contributed by atoms with Crippen molar-refractivity contribution in [3.05, 3.63) is 45.0 Å². The number of nitro benzene ring substituents is 1. The van der Waals surface area contributed by atoms with Crippen molar-refractivity contribution in [3.63, 3.8) is 0 Å². The molecule has 1 aromatic rings. The molecule has 146 valence electrons. The van der Waals surface area contributed by atoms with Gasteiger partial charge in [-0.15, -0.1) is 23.2 Å². The number of alkyl halides is 2. The Kier molecular flexibility index (Phi) is 6.06. The van der Waals surface area contributed by atoms with Gasteiger partial charge in [0.2, 0.25) is 0 Å². The van der Waals surface area contributed by atoms with Gasteiger partial charge in [0.25, 0.3) is 15.7 Å². The number of hydrogen-bond donors (Lipinski definition) is 0. The van der Waals surface area contributed by atoms with Gasteiger partial charge in [0.15, 0.2) is 5.78 Å². The molecule has 27 heavy (non-hydrogen) atoms. The first-order valence-electron chi connectivity index (χ1n) is 7.67. The smallest absolute Gasteiger partial charge is 0.282 e. The van der Waals surface area contributed by atoms with E-state index in [4.69, 9.17) is 34.8 Å². The summed E-state index contributed by atoms with van der Waals surface area (Å²) in [5, 5.41) is 9.41. The Morgan fingerprint density at radius 3 is 2.44 bits per heavy atom. The van der Waals surface area contributed by atoms with Crippen LogP contribution in [-0.2, 0) is 14.8 Å². The van der Waals surface area contributed by atoms with Crippen LogP contribution >= 0.6 is 34.8 Å². The van der Waals surface area contributed by atoms with E-state index in [0.717, 1.165) is 12.1 Å². The Bertz CT molecular complexity index is 984. The zero-order valence-corrected chi connectivity index (χ0v) is 17.5. The molecule has 0 spiro atoms. The van der Waals surface area contributed by atoms with Crippen molar-refractivity contribution in [2.45, 2.75) is 35.9 Å². The summed E-state index contributed by atoms with van der Waals surface area (Å²) in [4.78, 5) is 20.5. The van der Waals surface area contributed by atoms with Crippen LogP contribution in [0.25, 0.3) is 0 Å². The highest BCUT2D eigenvalue weighted by molar-refractivity contribution is 7.90. The zero-order chi connectivity index (χ0) is 20.7. The number of hydrogen-bond acceptors (Lipinski definition) is 5. The second-order valence-electron chi connectivity index (χ2n) is 6.36. The number of carbonyl (C=O) groups excluding carboxylic acids is 1. The van der Waals surface area contributed by atoms with Crippen molar-refractivity contribution in [1.82, 2.24) is 0 Å². The summed E-state index contributed by atoms with van der Waals surface area (Å²) >= 11 is 18.6. The van der Waals surface area contributed by atoms with Crippen molar-refractivity contribution in [1.29, 1.82) is 0 Å². The average Bonchev–Trinajstić information content (AvgIpc) is 2.58. The molecule has 2 rings (SSSR count). The van der Waals surface area contributed by atoms with Crippen LogP contribution in [0.15, 0.2) is 44.2 Å². The van der Waals surface area contributed by atoms with E-state index in [1.807, 2.05) is 0 Å². The van der Waals surface area contributed by atoms with Crippen molar-refractivity contribution in [3.8, 4) is 0 Å². The maximum Gasteiger partial charge on any atom is 0.282 e. The molecule has 0 aliphatic heterocycles.